The van der Waals surface area contributed by atoms with Gasteiger partial charge in [-0.2, -0.15) is 4.37 Å². The van der Waals surface area contributed by atoms with Gasteiger partial charge in [0.05, 0.1) is 17.9 Å². The summed E-state index contributed by atoms with van der Waals surface area (Å²) in [4.78, 5) is 9.11. The minimum atomic E-state index is 0.797. The minimum absolute atomic E-state index is 0.797. The van der Waals surface area contributed by atoms with Gasteiger partial charge in [-0.1, -0.05) is 12.1 Å². The number of hydrogen-bond acceptors (Lipinski definition) is 4. The van der Waals surface area contributed by atoms with Gasteiger partial charge in [0.1, 0.15) is 5.82 Å². The van der Waals surface area contributed by atoms with Crippen molar-refractivity contribution in [2.75, 3.05) is 5.32 Å². The molecule has 108 valence electrons. The number of rotatable bonds is 4. The Hall–Kier alpha value is -2.14. The van der Waals surface area contributed by atoms with Gasteiger partial charge in [0.15, 0.2) is 0 Å². The third-order valence-electron chi connectivity index (χ3n) is 3.41. The first-order valence-corrected chi connectivity index (χ1v) is 7.69. The number of aryl methyl sites for hydroxylation is 3. The van der Waals surface area contributed by atoms with E-state index in [0.717, 1.165) is 40.7 Å². The Balaban J connectivity index is 1.76. The molecular formula is C16H18N4S. The molecule has 0 bridgehead atoms. The summed E-state index contributed by atoms with van der Waals surface area (Å²) in [5.41, 5.74) is 5.42. The predicted molar refractivity (Wildman–Crippen MR) is 87.7 cm³/mol. The first-order chi connectivity index (χ1) is 10.1. The minimum Gasteiger partial charge on any atom is -0.380 e. The van der Waals surface area contributed by atoms with Crippen LogP contribution in [-0.2, 0) is 6.54 Å². The van der Waals surface area contributed by atoms with Crippen molar-refractivity contribution in [1.82, 2.24) is 14.3 Å². The number of aromatic nitrogens is 3. The lowest BCUT2D eigenvalue weighted by Gasteiger charge is -2.06. The van der Waals surface area contributed by atoms with E-state index in [0.29, 0.717) is 0 Å². The predicted octanol–water partition coefficient (Wildman–Crippen LogP) is 4.07. The Morgan fingerprint density at radius 1 is 1.19 bits per heavy atom. The largest absolute Gasteiger partial charge is 0.380 e. The second-order valence-electron chi connectivity index (χ2n) is 5.16. The maximum absolute atomic E-state index is 4.55. The smallest absolute Gasteiger partial charge is 0.137 e. The summed E-state index contributed by atoms with van der Waals surface area (Å²) in [6.45, 7) is 6.87. The molecule has 0 unspecified atom stereocenters. The van der Waals surface area contributed by atoms with Crippen LogP contribution < -0.4 is 5.32 Å². The molecule has 3 aromatic rings. The third-order valence-corrected chi connectivity index (χ3v) is 4.28. The molecule has 2 aromatic heterocycles. The molecular weight excluding hydrogens is 280 g/mol. The van der Waals surface area contributed by atoms with Crippen molar-refractivity contribution in [3.05, 3.63) is 52.3 Å². The fourth-order valence-electron chi connectivity index (χ4n) is 2.15. The number of H-pyrrole nitrogens is 1. The number of benzene rings is 1. The average molecular weight is 298 g/mol. The molecule has 0 aliphatic heterocycles. The molecule has 0 spiro atoms. The van der Waals surface area contributed by atoms with Gasteiger partial charge in [-0.15, -0.1) is 0 Å². The summed E-state index contributed by atoms with van der Waals surface area (Å²) < 4.78 is 4.29. The summed E-state index contributed by atoms with van der Waals surface area (Å²) in [7, 11) is 0. The van der Waals surface area contributed by atoms with Crippen LogP contribution in [-0.4, -0.2) is 14.3 Å². The Morgan fingerprint density at radius 3 is 2.71 bits per heavy atom. The van der Waals surface area contributed by atoms with Gasteiger partial charge in [-0.05, 0) is 50.5 Å². The number of hydrogen-bond donors (Lipinski definition) is 2. The lowest BCUT2D eigenvalue weighted by molar-refractivity contribution is 1.18. The highest BCUT2D eigenvalue weighted by molar-refractivity contribution is 7.05. The Kier molecular flexibility index (Phi) is 3.75. The van der Waals surface area contributed by atoms with E-state index in [-0.39, 0.29) is 0 Å². The fraction of sp³-hybridized carbons (Fsp3) is 0.250. The first kappa shape index (κ1) is 13.8. The summed E-state index contributed by atoms with van der Waals surface area (Å²) in [5, 5.41) is 3.43. The Bertz CT molecular complexity index is 738. The van der Waals surface area contributed by atoms with Crippen LogP contribution in [0.1, 0.15) is 22.0 Å². The normalized spacial score (nSPS) is 10.8. The van der Waals surface area contributed by atoms with E-state index >= 15 is 0 Å². The number of aromatic amines is 1. The molecule has 0 saturated heterocycles. The number of imidazole rings is 1. The second-order valence-corrected chi connectivity index (χ2v) is 6.05. The van der Waals surface area contributed by atoms with Crippen LogP contribution in [0.25, 0.3) is 11.4 Å². The van der Waals surface area contributed by atoms with Gasteiger partial charge in [0.25, 0.3) is 0 Å². The van der Waals surface area contributed by atoms with Crippen molar-refractivity contribution >= 4 is 17.2 Å². The lowest BCUT2D eigenvalue weighted by atomic mass is 10.2. The molecule has 21 heavy (non-hydrogen) atoms. The Labute approximate surface area is 128 Å². The highest BCUT2D eigenvalue weighted by Crippen LogP contribution is 2.22. The van der Waals surface area contributed by atoms with Gasteiger partial charge in [-0.3, -0.25) is 0 Å². The van der Waals surface area contributed by atoms with Crippen molar-refractivity contribution in [2.24, 2.45) is 0 Å². The molecule has 0 fully saturated rings. The van der Waals surface area contributed by atoms with E-state index in [2.05, 4.69) is 43.9 Å². The SMILES string of the molecule is Cc1cc(CNc2cccc(-c3nc(C)c(C)[nH]3)c2)sn1. The molecule has 2 N–H and O–H groups in total. The molecule has 0 amide bonds. The zero-order valence-electron chi connectivity index (χ0n) is 12.4. The van der Waals surface area contributed by atoms with E-state index in [4.69, 9.17) is 0 Å². The molecule has 0 aliphatic carbocycles. The van der Waals surface area contributed by atoms with E-state index in [1.54, 1.807) is 11.5 Å². The molecule has 0 saturated carbocycles. The topological polar surface area (TPSA) is 53.6 Å². The van der Waals surface area contributed by atoms with Crippen LogP contribution in [0.15, 0.2) is 30.3 Å². The summed E-state index contributed by atoms with van der Waals surface area (Å²) in [6, 6.07) is 10.4. The van der Waals surface area contributed by atoms with Crippen LogP contribution in [0.2, 0.25) is 0 Å². The van der Waals surface area contributed by atoms with Crippen LogP contribution in [0.4, 0.5) is 5.69 Å². The maximum atomic E-state index is 4.55. The molecule has 0 aliphatic rings. The Morgan fingerprint density at radius 2 is 2.05 bits per heavy atom. The average Bonchev–Trinajstić information content (AvgIpc) is 3.04. The fourth-order valence-corrected chi connectivity index (χ4v) is 2.82. The number of nitrogens with one attached hydrogen (secondary N) is 2. The highest BCUT2D eigenvalue weighted by Gasteiger charge is 2.06. The van der Waals surface area contributed by atoms with Gasteiger partial charge in [-0.25, -0.2) is 4.98 Å². The zero-order chi connectivity index (χ0) is 14.8. The molecule has 4 nitrogen and oxygen atoms in total. The van der Waals surface area contributed by atoms with Gasteiger partial charge < -0.3 is 10.3 Å². The van der Waals surface area contributed by atoms with Crippen LogP contribution in [0, 0.1) is 20.8 Å². The molecule has 0 radical (unpaired) electrons. The van der Waals surface area contributed by atoms with Gasteiger partial charge >= 0.3 is 0 Å². The lowest BCUT2D eigenvalue weighted by Crippen LogP contribution is -1.97. The van der Waals surface area contributed by atoms with E-state index in [1.165, 1.54) is 4.88 Å². The van der Waals surface area contributed by atoms with Crippen molar-refractivity contribution in [3.8, 4) is 11.4 Å². The molecule has 2 heterocycles. The summed E-state index contributed by atoms with van der Waals surface area (Å²) in [5.74, 6) is 0.919. The molecule has 5 heteroatoms. The first-order valence-electron chi connectivity index (χ1n) is 6.91. The maximum Gasteiger partial charge on any atom is 0.137 e. The standard InChI is InChI=1S/C16H18N4S/c1-10-7-15(21-20-10)9-17-14-6-4-5-13(8-14)16-18-11(2)12(3)19-16/h4-8,17H,9H2,1-3H3,(H,18,19). The van der Waals surface area contributed by atoms with E-state index in [9.17, 15) is 0 Å². The molecule has 3 rings (SSSR count). The molecule has 1 aromatic carbocycles. The zero-order valence-corrected chi connectivity index (χ0v) is 13.2. The van der Waals surface area contributed by atoms with Crippen LogP contribution in [0.3, 0.4) is 0 Å². The van der Waals surface area contributed by atoms with Gasteiger partial charge in [0.2, 0.25) is 0 Å². The van der Waals surface area contributed by atoms with Crippen LogP contribution >= 0.6 is 11.5 Å². The highest BCUT2D eigenvalue weighted by atomic mass is 32.1. The van der Waals surface area contributed by atoms with Crippen molar-refractivity contribution < 1.29 is 0 Å². The summed E-state index contributed by atoms with van der Waals surface area (Å²) in [6.07, 6.45) is 0. The van der Waals surface area contributed by atoms with Crippen molar-refractivity contribution in [3.63, 3.8) is 0 Å². The van der Waals surface area contributed by atoms with E-state index in [1.807, 2.05) is 26.8 Å². The monoisotopic (exact) mass is 298 g/mol. The number of nitrogens with zero attached hydrogens (tertiary/aromatic N) is 2. The third kappa shape index (κ3) is 3.13. The second kappa shape index (κ2) is 5.69. The number of anilines is 1. The summed E-state index contributed by atoms with van der Waals surface area (Å²) >= 11 is 1.54. The quantitative estimate of drug-likeness (QED) is 0.763. The molecule has 0 atom stereocenters. The van der Waals surface area contributed by atoms with Gasteiger partial charge in [0, 0.05) is 21.8 Å². The van der Waals surface area contributed by atoms with Crippen LogP contribution in [0.5, 0.6) is 0 Å². The van der Waals surface area contributed by atoms with Crippen molar-refractivity contribution in [2.45, 2.75) is 27.3 Å². The van der Waals surface area contributed by atoms with Crippen molar-refractivity contribution in [1.29, 1.82) is 0 Å². The van der Waals surface area contributed by atoms with E-state index < -0.39 is 0 Å².